The minimum Gasteiger partial charge on any atom is -0.480 e. The quantitative estimate of drug-likeness (QED) is 0.851. The highest BCUT2D eigenvalue weighted by Crippen LogP contribution is 2.26. The van der Waals surface area contributed by atoms with Gasteiger partial charge in [-0.2, -0.15) is 0 Å². The number of para-hydroxylation sites is 1. The van der Waals surface area contributed by atoms with Crippen molar-refractivity contribution < 1.29 is 14.6 Å². The summed E-state index contributed by atoms with van der Waals surface area (Å²) in [6.45, 7) is 4.47. The minimum atomic E-state index is -0.834. The summed E-state index contributed by atoms with van der Waals surface area (Å²) in [7, 11) is 0. The third kappa shape index (κ3) is 4.56. The number of pyridine rings is 1. The molecule has 0 atom stereocenters. The van der Waals surface area contributed by atoms with Crippen LogP contribution in [-0.2, 0) is 11.3 Å². The van der Waals surface area contributed by atoms with Crippen LogP contribution in [-0.4, -0.2) is 33.5 Å². The van der Waals surface area contributed by atoms with E-state index in [-0.39, 0.29) is 12.6 Å². The summed E-state index contributed by atoms with van der Waals surface area (Å²) in [5.41, 5.74) is 0.946. The summed E-state index contributed by atoms with van der Waals surface area (Å²) in [4.78, 5) is 16.9. The maximum atomic E-state index is 11.0. The Morgan fingerprint density at radius 3 is 2.68 bits per heavy atom. The normalized spacial score (nSPS) is 10.9. The fourth-order valence-corrected chi connectivity index (χ4v) is 2.08. The lowest BCUT2D eigenvalue weighted by Crippen LogP contribution is -2.35. The van der Waals surface area contributed by atoms with Gasteiger partial charge in [0.1, 0.15) is 11.5 Å². The first-order valence-electron chi connectivity index (χ1n) is 7.18. The van der Waals surface area contributed by atoms with Gasteiger partial charge in [0, 0.05) is 24.3 Å². The molecule has 116 valence electrons. The third-order valence-corrected chi connectivity index (χ3v) is 3.28. The van der Waals surface area contributed by atoms with Crippen LogP contribution in [0.5, 0.6) is 11.5 Å². The van der Waals surface area contributed by atoms with E-state index in [0.717, 1.165) is 5.56 Å². The Bertz CT molecular complexity index is 614. The molecule has 0 saturated heterocycles. The second-order valence-corrected chi connectivity index (χ2v) is 5.29. The van der Waals surface area contributed by atoms with Gasteiger partial charge in [-0.15, -0.1) is 0 Å². The molecule has 0 radical (unpaired) electrons. The number of aromatic nitrogens is 1. The Balaban J connectivity index is 2.18. The van der Waals surface area contributed by atoms with E-state index in [0.29, 0.717) is 18.0 Å². The molecule has 1 aromatic heterocycles. The lowest BCUT2D eigenvalue weighted by atomic mass is 10.1. The van der Waals surface area contributed by atoms with Crippen LogP contribution >= 0.6 is 0 Å². The van der Waals surface area contributed by atoms with E-state index in [1.807, 2.05) is 55.1 Å². The molecule has 1 heterocycles. The van der Waals surface area contributed by atoms with Gasteiger partial charge in [0.2, 0.25) is 0 Å². The van der Waals surface area contributed by atoms with Crippen LogP contribution in [0, 0.1) is 0 Å². The molecule has 0 aliphatic carbocycles. The molecule has 0 aliphatic heterocycles. The van der Waals surface area contributed by atoms with Crippen molar-refractivity contribution in [1.29, 1.82) is 0 Å². The zero-order valence-electron chi connectivity index (χ0n) is 12.8. The summed E-state index contributed by atoms with van der Waals surface area (Å²) < 4.78 is 5.86. The first-order chi connectivity index (χ1) is 10.6. The highest BCUT2D eigenvalue weighted by Gasteiger charge is 2.16. The number of aliphatic carboxylic acids is 1. The zero-order chi connectivity index (χ0) is 15.9. The van der Waals surface area contributed by atoms with Crippen LogP contribution in [0.4, 0.5) is 0 Å². The lowest BCUT2D eigenvalue weighted by Gasteiger charge is -2.25. The molecule has 2 aromatic rings. The highest BCUT2D eigenvalue weighted by molar-refractivity contribution is 5.69. The van der Waals surface area contributed by atoms with Gasteiger partial charge in [0.25, 0.3) is 0 Å². The van der Waals surface area contributed by atoms with Gasteiger partial charge in [0.05, 0.1) is 12.7 Å². The van der Waals surface area contributed by atoms with Gasteiger partial charge in [0.15, 0.2) is 0 Å². The average molecular weight is 300 g/mol. The van der Waals surface area contributed by atoms with Gasteiger partial charge >= 0.3 is 5.97 Å². The standard InChI is InChI=1S/C17H20N2O3/c1-13(2)19(12-17(20)21)11-14-6-3-4-8-16(14)22-15-7-5-9-18-10-15/h3-10,13H,11-12H2,1-2H3,(H,20,21). The van der Waals surface area contributed by atoms with Gasteiger partial charge in [-0.1, -0.05) is 18.2 Å². The van der Waals surface area contributed by atoms with Crippen molar-refractivity contribution in [1.82, 2.24) is 9.88 Å². The first-order valence-corrected chi connectivity index (χ1v) is 7.18. The van der Waals surface area contributed by atoms with E-state index < -0.39 is 5.97 Å². The summed E-state index contributed by atoms with van der Waals surface area (Å²) in [5.74, 6) is 0.537. The van der Waals surface area contributed by atoms with Gasteiger partial charge < -0.3 is 9.84 Å². The van der Waals surface area contributed by atoms with Crippen molar-refractivity contribution in [2.75, 3.05) is 6.54 Å². The van der Waals surface area contributed by atoms with Crippen molar-refractivity contribution in [2.45, 2.75) is 26.4 Å². The van der Waals surface area contributed by atoms with Crippen molar-refractivity contribution in [3.63, 3.8) is 0 Å². The molecule has 0 bridgehead atoms. The van der Waals surface area contributed by atoms with E-state index in [2.05, 4.69) is 4.98 Å². The molecule has 0 amide bonds. The smallest absolute Gasteiger partial charge is 0.317 e. The van der Waals surface area contributed by atoms with Crippen LogP contribution in [0.3, 0.4) is 0 Å². The number of carboxylic acid groups (broad SMARTS) is 1. The monoisotopic (exact) mass is 300 g/mol. The molecule has 5 heteroatoms. The Labute approximate surface area is 130 Å². The predicted octanol–water partition coefficient (Wildman–Crippen LogP) is 3.17. The second-order valence-electron chi connectivity index (χ2n) is 5.29. The number of ether oxygens (including phenoxy) is 1. The largest absolute Gasteiger partial charge is 0.480 e. The van der Waals surface area contributed by atoms with E-state index in [4.69, 9.17) is 9.84 Å². The predicted molar refractivity (Wildman–Crippen MR) is 83.9 cm³/mol. The number of benzene rings is 1. The van der Waals surface area contributed by atoms with Gasteiger partial charge in [-0.25, -0.2) is 0 Å². The van der Waals surface area contributed by atoms with Crippen LogP contribution in [0.2, 0.25) is 0 Å². The molecule has 0 aliphatic rings. The lowest BCUT2D eigenvalue weighted by molar-refractivity contribution is -0.138. The number of rotatable bonds is 7. The van der Waals surface area contributed by atoms with Crippen molar-refractivity contribution >= 4 is 5.97 Å². The summed E-state index contributed by atoms with van der Waals surface area (Å²) in [6, 6.07) is 11.4. The van der Waals surface area contributed by atoms with Crippen LogP contribution in [0.15, 0.2) is 48.8 Å². The molecule has 0 spiro atoms. The summed E-state index contributed by atoms with van der Waals surface area (Å²) >= 11 is 0. The molecular formula is C17H20N2O3. The molecule has 0 unspecified atom stereocenters. The van der Waals surface area contributed by atoms with Crippen molar-refractivity contribution in [3.8, 4) is 11.5 Å². The second kappa shape index (κ2) is 7.56. The van der Waals surface area contributed by atoms with Gasteiger partial charge in [-0.05, 0) is 32.0 Å². The number of nitrogens with zero attached hydrogens (tertiary/aromatic N) is 2. The van der Waals surface area contributed by atoms with Crippen LogP contribution < -0.4 is 4.74 Å². The third-order valence-electron chi connectivity index (χ3n) is 3.28. The fourth-order valence-electron chi connectivity index (χ4n) is 2.08. The van der Waals surface area contributed by atoms with E-state index in [9.17, 15) is 4.79 Å². The van der Waals surface area contributed by atoms with Gasteiger partial charge in [-0.3, -0.25) is 14.7 Å². The molecule has 22 heavy (non-hydrogen) atoms. The number of carboxylic acids is 1. The van der Waals surface area contributed by atoms with E-state index in [1.54, 1.807) is 12.4 Å². The average Bonchev–Trinajstić information content (AvgIpc) is 2.49. The molecule has 1 aromatic carbocycles. The Morgan fingerprint density at radius 1 is 1.27 bits per heavy atom. The molecular weight excluding hydrogens is 280 g/mol. The maximum absolute atomic E-state index is 11.0. The highest BCUT2D eigenvalue weighted by atomic mass is 16.5. The number of hydrogen-bond donors (Lipinski definition) is 1. The molecule has 2 rings (SSSR count). The van der Waals surface area contributed by atoms with Crippen molar-refractivity contribution in [2.24, 2.45) is 0 Å². The minimum absolute atomic E-state index is 0.00110. The zero-order valence-corrected chi connectivity index (χ0v) is 12.8. The fraction of sp³-hybridized carbons (Fsp3) is 0.294. The SMILES string of the molecule is CC(C)N(CC(=O)O)Cc1ccccc1Oc1cccnc1. The Kier molecular flexibility index (Phi) is 5.49. The summed E-state index contributed by atoms with van der Waals surface area (Å²) in [6.07, 6.45) is 3.33. The van der Waals surface area contributed by atoms with E-state index in [1.165, 1.54) is 0 Å². The Hall–Kier alpha value is -2.40. The van der Waals surface area contributed by atoms with Crippen molar-refractivity contribution in [3.05, 3.63) is 54.4 Å². The number of hydrogen-bond acceptors (Lipinski definition) is 4. The molecule has 1 N–H and O–H groups in total. The molecule has 5 nitrogen and oxygen atoms in total. The van der Waals surface area contributed by atoms with Crippen LogP contribution in [0.1, 0.15) is 19.4 Å². The molecule has 0 saturated carbocycles. The van der Waals surface area contributed by atoms with Crippen LogP contribution in [0.25, 0.3) is 0 Å². The first kappa shape index (κ1) is 16.0. The Morgan fingerprint density at radius 2 is 2.05 bits per heavy atom. The maximum Gasteiger partial charge on any atom is 0.317 e. The van der Waals surface area contributed by atoms with E-state index >= 15 is 0 Å². The number of carbonyl (C=O) groups is 1. The topological polar surface area (TPSA) is 62.7 Å². The summed E-state index contributed by atoms with van der Waals surface area (Å²) in [5, 5.41) is 9.03. The molecule has 0 fully saturated rings.